The molecule has 2 heteroatoms. The van der Waals surface area contributed by atoms with E-state index in [0.29, 0.717) is 0 Å². The first-order valence-corrected chi connectivity index (χ1v) is 6.14. The molecule has 2 nitrogen and oxygen atoms in total. The fourth-order valence-electron chi connectivity index (χ4n) is 1.46. The van der Waals surface area contributed by atoms with Crippen molar-refractivity contribution in [2.24, 2.45) is 0 Å². The largest absolute Gasteiger partial charge is 0.295 e. The highest BCUT2D eigenvalue weighted by Crippen LogP contribution is 2.02. The lowest BCUT2D eigenvalue weighted by Crippen LogP contribution is -1.90. The van der Waals surface area contributed by atoms with E-state index in [1.807, 2.05) is 61.5 Å². The molecule has 0 aromatic heterocycles. The van der Waals surface area contributed by atoms with Crippen LogP contribution in [0.5, 0.6) is 0 Å². The Balaban J connectivity index is 0.000000191. The van der Waals surface area contributed by atoms with E-state index in [2.05, 4.69) is 0 Å². The maximum atomic E-state index is 10.8. The van der Waals surface area contributed by atoms with Crippen LogP contribution in [0, 0.1) is 6.92 Å². The molecule has 0 unspecified atom stereocenters. The van der Waals surface area contributed by atoms with Gasteiger partial charge < -0.3 is 0 Å². The number of ketones is 2. The minimum atomic E-state index is 0.121. The van der Waals surface area contributed by atoms with E-state index in [1.54, 1.807) is 13.8 Å². The Hall–Kier alpha value is -2.22. The third kappa shape index (κ3) is 5.30. The van der Waals surface area contributed by atoms with E-state index in [9.17, 15) is 9.59 Å². The topological polar surface area (TPSA) is 34.1 Å². The number of benzene rings is 2. The highest BCUT2D eigenvalue weighted by Gasteiger charge is 1.95. The van der Waals surface area contributed by atoms with Crippen LogP contribution >= 0.6 is 0 Å². The lowest BCUT2D eigenvalue weighted by atomic mass is 10.1. The highest BCUT2D eigenvalue weighted by molar-refractivity contribution is 5.94. The zero-order valence-corrected chi connectivity index (χ0v) is 11.5. The highest BCUT2D eigenvalue weighted by atomic mass is 16.1. The molecule has 2 aromatic rings. The van der Waals surface area contributed by atoms with Crippen molar-refractivity contribution in [2.75, 3.05) is 0 Å². The molecule has 0 heterocycles. The molecule has 19 heavy (non-hydrogen) atoms. The zero-order valence-electron chi connectivity index (χ0n) is 11.5. The van der Waals surface area contributed by atoms with E-state index in [-0.39, 0.29) is 11.6 Å². The Bertz CT molecular complexity index is 539. The maximum Gasteiger partial charge on any atom is 0.159 e. The van der Waals surface area contributed by atoms with Crippen molar-refractivity contribution in [1.29, 1.82) is 0 Å². The predicted octanol–water partition coefficient (Wildman–Crippen LogP) is 4.09. The second kappa shape index (κ2) is 7.27. The van der Waals surface area contributed by atoms with E-state index in [4.69, 9.17) is 0 Å². The SMILES string of the molecule is CC(=O)c1ccc(C)cc1.CC(=O)c1ccccc1. The van der Waals surface area contributed by atoms with E-state index in [0.717, 1.165) is 11.1 Å². The predicted molar refractivity (Wildman–Crippen MR) is 77.6 cm³/mol. The summed E-state index contributed by atoms with van der Waals surface area (Å²) in [5.74, 6) is 0.246. The van der Waals surface area contributed by atoms with Gasteiger partial charge in [-0.3, -0.25) is 9.59 Å². The van der Waals surface area contributed by atoms with Gasteiger partial charge in [-0.05, 0) is 20.8 Å². The Morgan fingerprint density at radius 1 is 0.684 bits per heavy atom. The number of hydrogen-bond acceptors (Lipinski definition) is 2. The van der Waals surface area contributed by atoms with Crippen molar-refractivity contribution < 1.29 is 9.59 Å². The van der Waals surface area contributed by atoms with Gasteiger partial charge in [-0.1, -0.05) is 60.2 Å². The van der Waals surface area contributed by atoms with Crippen LogP contribution < -0.4 is 0 Å². The Morgan fingerprint density at radius 3 is 1.47 bits per heavy atom. The van der Waals surface area contributed by atoms with Gasteiger partial charge >= 0.3 is 0 Å². The summed E-state index contributed by atoms with van der Waals surface area (Å²) in [4.78, 5) is 21.4. The molecule has 0 spiro atoms. The Labute approximate surface area is 114 Å². The molecular formula is C17H18O2. The van der Waals surface area contributed by atoms with E-state index < -0.39 is 0 Å². The molecule has 2 rings (SSSR count). The van der Waals surface area contributed by atoms with Crippen LogP contribution in [-0.2, 0) is 0 Å². The van der Waals surface area contributed by atoms with Crippen LogP contribution in [0.15, 0.2) is 54.6 Å². The van der Waals surface area contributed by atoms with Crippen molar-refractivity contribution in [1.82, 2.24) is 0 Å². The molecule has 98 valence electrons. The van der Waals surface area contributed by atoms with Crippen LogP contribution in [0.1, 0.15) is 40.1 Å². The first-order valence-electron chi connectivity index (χ1n) is 6.14. The van der Waals surface area contributed by atoms with Crippen molar-refractivity contribution in [2.45, 2.75) is 20.8 Å². The van der Waals surface area contributed by atoms with Crippen LogP contribution in [0.2, 0.25) is 0 Å². The van der Waals surface area contributed by atoms with E-state index in [1.165, 1.54) is 5.56 Å². The van der Waals surface area contributed by atoms with Crippen LogP contribution in [0.25, 0.3) is 0 Å². The number of aryl methyl sites for hydroxylation is 1. The fraction of sp³-hybridized carbons (Fsp3) is 0.176. The summed E-state index contributed by atoms with van der Waals surface area (Å²) in [5.41, 5.74) is 2.74. The summed E-state index contributed by atoms with van der Waals surface area (Å²) < 4.78 is 0. The van der Waals surface area contributed by atoms with Gasteiger partial charge in [-0.2, -0.15) is 0 Å². The normalized spacial score (nSPS) is 9.21. The summed E-state index contributed by atoms with van der Waals surface area (Å²) in [7, 11) is 0. The average Bonchev–Trinajstić information content (AvgIpc) is 2.41. The second-order valence-electron chi connectivity index (χ2n) is 4.34. The van der Waals surface area contributed by atoms with Crippen LogP contribution in [0.3, 0.4) is 0 Å². The standard InChI is InChI=1S/C9H10O.C8H8O/c1-7-3-5-9(6-4-7)8(2)10;1-7(9)8-5-3-2-4-6-8/h3-6H,1-2H3;2-6H,1H3. The van der Waals surface area contributed by atoms with Crippen molar-refractivity contribution >= 4 is 11.6 Å². The summed E-state index contributed by atoms with van der Waals surface area (Å²) in [6, 6.07) is 16.8. The van der Waals surface area contributed by atoms with Gasteiger partial charge in [0.15, 0.2) is 11.6 Å². The van der Waals surface area contributed by atoms with Gasteiger partial charge in [0.1, 0.15) is 0 Å². The first-order chi connectivity index (χ1) is 9.00. The third-order valence-corrected chi connectivity index (χ3v) is 2.64. The summed E-state index contributed by atoms with van der Waals surface area (Å²) >= 11 is 0. The number of rotatable bonds is 2. The molecule has 0 radical (unpaired) electrons. The minimum Gasteiger partial charge on any atom is -0.295 e. The summed E-state index contributed by atoms with van der Waals surface area (Å²) in [6.45, 7) is 5.14. The molecule has 0 aliphatic heterocycles. The second-order valence-corrected chi connectivity index (χ2v) is 4.34. The smallest absolute Gasteiger partial charge is 0.159 e. The molecule has 0 aliphatic rings. The molecule has 0 aliphatic carbocycles. The molecule has 2 aromatic carbocycles. The van der Waals surface area contributed by atoms with E-state index >= 15 is 0 Å². The molecule has 0 saturated heterocycles. The number of Topliss-reactive ketones (excluding diaryl/α,β-unsaturated/α-hetero) is 2. The Morgan fingerprint density at radius 2 is 1.11 bits per heavy atom. The van der Waals surface area contributed by atoms with Gasteiger partial charge in [-0.25, -0.2) is 0 Å². The van der Waals surface area contributed by atoms with Crippen molar-refractivity contribution in [3.8, 4) is 0 Å². The van der Waals surface area contributed by atoms with Gasteiger partial charge in [0, 0.05) is 11.1 Å². The molecular weight excluding hydrogens is 236 g/mol. The van der Waals surface area contributed by atoms with Gasteiger partial charge in [0.2, 0.25) is 0 Å². The van der Waals surface area contributed by atoms with Crippen LogP contribution in [0.4, 0.5) is 0 Å². The summed E-state index contributed by atoms with van der Waals surface area (Å²) in [5, 5.41) is 0. The number of carbonyl (C=O) groups excluding carboxylic acids is 2. The summed E-state index contributed by atoms with van der Waals surface area (Å²) in [6.07, 6.45) is 0. The molecule has 0 bridgehead atoms. The molecule has 0 atom stereocenters. The molecule has 0 amide bonds. The van der Waals surface area contributed by atoms with Gasteiger partial charge in [0.05, 0.1) is 0 Å². The molecule has 0 saturated carbocycles. The third-order valence-electron chi connectivity index (χ3n) is 2.64. The lowest BCUT2D eigenvalue weighted by molar-refractivity contribution is 0.100. The zero-order chi connectivity index (χ0) is 14.3. The average molecular weight is 254 g/mol. The maximum absolute atomic E-state index is 10.8. The quantitative estimate of drug-likeness (QED) is 0.756. The Kier molecular flexibility index (Phi) is 5.68. The van der Waals surface area contributed by atoms with Crippen molar-refractivity contribution in [3.63, 3.8) is 0 Å². The minimum absolute atomic E-state index is 0.121. The lowest BCUT2D eigenvalue weighted by Gasteiger charge is -1.93. The molecule has 0 N–H and O–H groups in total. The van der Waals surface area contributed by atoms with Crippen LogP contribution in [-0.4, -0.2) is 11.6 Å². The number of hydrogen-bond donors (Lipinski definition) is 0. The molecule has 0 fully saturated rings. The number of carbonyl (C=O) groups is 2. The van der Waals surface area contributed by atoms with Crippen molar-refractivity contribution in [3.05, 3.63) is 71.3 Å². The fourth-order valence-corrected chi connectivity index (χ4v) is 1.46. The monoisotopic (exact) mass is 254 g/mol. The van der Waals surface area contributed by atoms with Gasteiger partial charge in [0.25, 0.3) is 0 Å². The van der Waals surface area contributed by atoms with Gasteiger partial charge in [-0.15, -0.1) is 0 Å². The first kappa shape index (κ1) is 14.8.